The minimum absolute atomic E-state index is 0.129. The number of aryl methyl sites for hydroxylation is 1. The van der Waals surface area contributed by atoms with Crippen molar-refractivity contribution in [3.05, 3.63) is 65.7 Å². The number of hydrogen-bond donors (Lipinski definition) is 4. The number of anilines is 1. The van der Waals surface area contributed by atoms with Crippen molar-refractivity contribution < 1.29 is 22.7 Å². The summed E-state index contributed by atoms with van der Waals surface area (Å²) in [7, 11) is -3.83. The summed E-state index contributed by atoms with van der Waals surface area (Å²) in [6, 6.07) is 14.7. The molecule has 11 nitrogen and oxygen atoms in total. The van der Waals surface area contributed by atoms with Crippen LogP contribution in [0.5, 0.6) is 0 Å². The van der Waals surface area contributed by atoms with E-state index in [0.29, 0.717) is 56.5 Å². The molecule has 0 radical (unpaired) electrons. The van der Waals surface area contributed by atoms with Gasteiger partial charge in [0.2, 0.25) is 21.8 Å². The molecular formula is C28H38N6O5S. The number of nitrogens with zero attached hydrogens (tertiary/aromatic N) is 2. The molecule has 5 N–H and O–H groups in total. The molecule has 3 atom stereocenters. The van der Waals surface area contributed by atoms with Crippen molar-refractivity contribution in [3.63, 3.8) is 0 Å². The Labute approximate surface area is 235 Å². The Kier molecular flexibility index (Phi) is 9.77. The maximum absolute atomic E-state index is 13.9. The fourth-order valence-corrected chi connectivity index (χ4v) is 6.75. The SMILES string of the molecule is CCOC1[C@H](NC(=O)CN2C(=O)[C@@H](NS(=O)(=O)Cc3ccccc3)CCCc3ccccc32)CCCN1C(=N)N. The highest BCUT2D eigenvalue weighted by atomic mass is 32.2. The lowest BCUT2D eigenvalue weighted by atomic mass is 9.98. The number of benzene rings is 2. The maximum Gasteiger partial charge on any atom is 0.245 e. The zero-order valence-electron chi connectivity index (χ0n) is 22.7. The molecule has 1 saturated heterocycles. The molecule has 2 amide bonds. The van der Waals surface area contributed by atoms with Crippen LogP contribution in [0, 0.1) is 5.41 Å². The van der Waals surface area contributed by atoms with Gasteiger partial charge >= 0.3 is 0 Å². The topological polar surface area (TPSA) is 158 Å². The van der Waals surface area contributed by atoms with Crippen LogP contribution < -0.4 is 20.7 Å². The zero-order chi connectivity index (χ0) is 28.7. The summed E-state index contributed by atoms with van der Waals surface area (Å²) in [5, 5.41) is 10.9. The molecule has 0 aromatic heterocycles. The first kappa shape index (κ1) is 29.5. The zero-order valence-corrected chi connectivity index (χ0v) is 23.5. The van der Waals surface area contributed by atoms with E-state index in [0.717, 1.165) is 5.56 Å². The molecule has 0 aliphatic carbocycles. The van der Waals surface area contributed by atoms with Gasteiger partial charge in [0, 0.05) is 18.8 Å². The number of rotatable bonds is 9. The van der Waals surface area contributed by atoms with Crippen LogP contribution in [0.4, 0.5) is 5.69 Å². The molecule has 0 spiro atoms. The van der Waals surface area contributed by atoms with Crippen molar-refractivity contribution in [2.75, 3.05) is 24.6 Å². The Morgan fingerprint density at radius 1 is 1.10 bits per heavy atom. The van der Waals surface area contributed by atoms with Crippen LogP contribution in [0.2, 0.25) is 0 Å². The molecule has 2 aromatic carbocycles. The van der Waals surface area contributed by atoms with Crippen LogP contribution in [-0.4, -0.2) is 69.1 Å². The largest absolute Gasteiger partial charge is 0.370 e. The highest BCUT2D eigenvalue weighted by Gasteiger charge is 2.36. The minimum atomic E-state index is -3.83. The van der Waals surface area contributed by atoms with Crippen molar-refractivity contribution in [1.82, 2.24) is 14.9 Å². The molecule has 40 heavy (non-hydrogen) atoms. The number of fused-ring (bicyclic) bond motifs is 1. The van der Waals surface area contributed by atoms with Crippen LogP contribution >= 0.6 is 0 Å². The van der Waals surface area contributed by atoms with Gasteiger partial charge in [-0.25, -0.2) is 13.1 Å². The van der Waals surface area contributed by atoms with Crippen molar-refractivity contribution in [2.45, 2.75) is 63.1 Å². The summed E-state index contributed by atoms with van der Waals surface area (Å²) in [6.45, 7) is 2.47. The number of nitrogens with one attached hydrogen (secondary N) is 3. The van der Waals surface area contributed by atoms with E-state index in [1.54, 1.807) is 41.3 Å². The molecule has 12 heteroatoms. The molecule has 2 aliphatic rings. The summed E-state index contributed by atoms with van der Waals surface area (Å²) in [6.07, 6.45) is 2.31. The van der Waals surface area contributed by atoms with Gasteiger partial charge in [-0.15, -0.1) is 0 Å². The third-order valence-electron chi connectivity index (χ3n) is 7.17. The Morgan fingerprint density at radius 2 is 1.82 bits per heavy atom. The number of para-hydroxylation sites is 1. The molecule has 1 unspecified atom stereocenters. The van der Waals surface area contributed by atoms with Crippen molar-refractivity contribution >= 4 is 33.5 Å². The standard InChI is InChI=1S/C28H38N6O5S/c1-2-39-27-23(15-9-17-33(27)28(29)30)31-25(35)18-34-24-16-7-6-12-21(24)13-8-14-22(26(34)36)32-40(37,38)19-20-10-4-3-5-11-20/h3-7,10-12,16,22-23,27,32H,2,8-9,13-15,17-19H2,1H3,(H3,29,30)(H,31,35)/t22-,23+,27?/m0/s1. The minimum Gasteiger partial charge on any atom is -0.370 e. The third kappa shape index (κ3) is 7.38. The number of amides is 2. The number of guanidine groups is 1. The van der Waals surface area contributed by atoms with E-state index >= 15 is 0 Å². The second-order valence-electron chi connectivity index (χ2n) is 10.1. The second kappa shape index (κ2) is 13.2. The molecule has 2 aromatic rings. The first-order valence-corrected chi connectivity index (χ1v) is 15.3. The third-order valence-corrected chi connectivity index (χ3v) is 8.52. The monoisotopic (exact) mass is 570 g/mol. The van der Waals surface area contributed by atoms with Gasteiger partial charge in [-0.3, -0.25) is 15.0 Å². The maximum atomic E-state index is 13.9. The van der Waals surface area contributed by atoms with Crippen molar-refractivity contribution in [3.8, 4) is 0 Å². The van der Waals surface area contributed by atoms with E-state index < -0.39 is 40.1 Å². The molecule has 4 rings (SSSR count). The number of ether oxygens (including phenoxy) is 1. The average Bonchev–Trinajstić information content (AvgIpc) is 2.91. The van der Waals surface area contributed by atoms with Crippen LogP contribution in [0.3, 0.4) is 0 Å². The number of carbonyl (C=O) groups excluding carboxylic acids is 2. The molecule has 1 fully saturated rings. The van der Waals surface area contributed by atoms with Crippen molar-refractivity contribution in [2.24, 2.45) is 5.73 Å². The predicted octanol–water partition coefficient (Wildman–Crippen LogP) is 1.68. The molecule has 0 saturated carbocycles. The molecule has 2 aliphatic heterocycles. The van der Waals surface area contributed by atoms with Gasteiger partial charge in [0.1, 0.15) is 12.6 Å². The van der Waals surface area contributed by atoms with E-state index in [9.17, 15) is 18.0 Å². The Balaban J connectivity index is 1.54. The summed E-state index contributed by atoms with van der Waals surface area (Å²) < 4.78 is 34.5. The van der Waals surface area contributed by atoms with Gasteiger partial charge in [-0.2, -0.15) is 0 Å². The van der Waals surface area contributed by atoms with Crippen LogP contribution in [0.1, 0.15) is 43.7 Å². The van der Waals surface area contributed by atoms with Crippen LogP contribution in [0.15, 0.2) is 54.6 Å². The lowest BCUT2D eigenvalue weighted by Crippen LogP contribution is -2.61. The van der Waals surface area contributed by atoms with E-state index in [4.69, 9.17) is 15.9 Å². The second-order valence-corrected chi connectivity index (χ2v) is 11.9. The first-order chi connectivity index (χ1) is 19.2. The Hall–Kier alpha value is -3.48. The number of hydrogen-bond acceptors (Lipinski definition) is 6. The molecule has 216 valence electrons. The lowest BCUT2D eigenvalue weighted by molar-refractivity contribution is -0.127. The average molecular weight is 571 g/mol. The lowest BCUT2D eigenvalue weighted by Gasteiger charge is -2.41. The quantitative estimate of drug-likeness (QED) is 0.264. The predicted molar refractivity (Wildman–Crippen MR) is 153 cm³/mol. The summed E-state index contributed by atoms with van der Waals surface area (Å²) in [4.78, 5) is 30.3. The summed E-state index contributed by atoms with van der Waals surface area (Å²) in [5.41, 5.74) is 7.88. The number of likely N-dealkylation sites (tertiary alicyclic amines) is 1. The highest BCUT2D eigenvalue weighted by molar-refractivity contribution is 7.88. The number of piperidine rings is 1. The fourth-order valence-electron chi connectivity index (χ4n) is 5.38. The first-order valence-electron chi connectivity index (χ1n) is 13.6. The van der Waals surface area contributed by atoms with E-state index in [1.807, 2.05) is 25.1 Å². The van der Waals surface area contributed by atoms with Gasteiger partial charge < -0.3 is 25.6 Å². The van der Waals surface area contributed by atoms with E-state index in [1.165, 1.54) is 4.90 Å². The Morgan fingerprint density at radius 3 is 2.55 bits per heavy atom. The normalized spacial score (nSPS) is 21.7. The van der Waals surface area contributed by atoms with Gasteiger partial charge in [0.05, 0.1) is 11.8 Å². The van der Waals surface area contributed by atoms with Gasteiger partial charge in [0.15, 0.2) is 12.2 Å². The number of nitrogens with two attached hydrogens (primary N) is 1. The number of sulfonamides is 1. The summed E-state index contributed by atoms with van der Waals surface area (Å²) >= 11 is 0. The van der Waals surface area contributed by atoms with Gasteiger partial charge in [-0.1, -0.05) is 48.5 Å². The van der Waals surface area contributed by atoms with E-state index in [-0.39, 0.29) is 18.3 Å². The summed E-state index contributed by atoms with van der Waals surface area (Å²) in [5.74, 6) is -1.26. The number of carbonyl (C=O) groups is 2. The van der Waals surface area contributed by atoms with E-state index in [2.05, 4.69) is 10.0 Å². The fraction of sp³-hybridized carbons (Fsp3) is 0.464. The highest BCUT2D eigenvalue weighted by Crippen LogP contribution is 2.27. The van der Waals surface area contributed by atoms with Gasteiger partial charge in [-0.05, 0) is 56.2 Å². The molecule has 2 heterocycles. The van der Waals surface area contributed by atoms with Crippen LogP contribution in [0.25, 0.3) is 0 Å². The van der Waals surface area contributed by atoms with Crippen molar-refractivity contribution in [1.29, 1.82) is 5.41 Å². The molecular weight excluding hydrogens is 532 g/mol. The smallest absolute Gasteiger partial charge is 0.245 e. The van der Waals surface area contributed by atoms with Gasteiger partial charge in [0.25, 0.3) is 0 Å². The Bertz CT molecular complexity index is 1310. The van der Waals surface area contributed by atoms with Crippen LogP contribution in [-0.2, 0) is 36.5 Å². The molecule has 0 bridgehead atoms.